The Kier molecular flexibility index (Phi) is 16.3. The van der Waals surface area contributed by atoms with Gasteiger partial charge in [0.1, 0.15) is 5.83 Å². The van der Waals surface area contributed by atoms with E-state index in [4.69, 9.17) is 11.5 Å². The Balaban J connectivity index is 0.000000836. The highest BCUT2D eigenvalue weighted by atomic mass is 19.1. The molecule has 34 heavy (non-hydrogen) atoms. The summed E-state index contributed by atoms with van der Waals surface area (Å²) in [5.41, 5.74) is 13.3. The minimum atomic E-state index is -0.479. The number of hydrogen-bond donors (Lipinski definition) is 3. The molecule has 0 saturated carbocycles. The maximum Gasteiger partial charge on any atom is 0.224 e. The van der Waals surface area contributed by atoms with Crippen LogP contribution in [-0.2, 0) is 6.42 Å². The predicted molar refractivity (Wildman–Crippen MR) is 146 cm³/mol. The Morgan fingerprint density at radius 1 is 1.24 bits per heavy atom. The Hall–Kier alpha value is -3.35. The van der Waals surface area contributed by atoms with Gasteiger partial charge in [-0.2, -0.15) is 4.98 Å². The number of nitrogens with one attached hydrogen (secondary N) is 1. The summed E-state index contributed by atoms with van der Waals surface area (Å²) < 4.78 is 12.3. The molecule has 0 atom stereocenters. The van der Waals surface area contributed by atoms with E-state index in [1.807, 2.05) is 27.0 Å². The number of rotatable bonds is 10. The summed E-state index contributed by atoms with van der Waals surface area (Å²) in [5.74, 6) is 1.50. The minimum Gasteiger partial charge on any atom is -0.396 e. The van der Waals surface area contributed by atoms with Gasteiger partial charge in [0.2, 0.25) is 5.95 Å². The average molecular weight is 471 g/mol. The highest BCUT2D eigenvalue weighted by Gasteiger charge is 2.10. The third-order valence-corrected chi connectivity index (χ3v) is 4.37. The lowest BCUT2D eigenvalue weighted by atomic mass is 10.1. The molecule has 7 heteroatoms. The zero-order valence-electron chi connectivity index (χ0n) is 21.7. The lowest BCUT2D eigenvalue weighted by molar-refractivity contribution is 0.635. The molecule has 0 aliphatic rings. The molecule has 5 N–H and O–H groups in total. The van der Waals surface area contributed by atoms with Gasteiger partial charge in [0, 0.05) is 20.1 Å². The first-order valence-corrected chi connectivity index (χ1v) is 11.8. The molecule has 6 nitrogen and oxygen atoms in total. The molecule has 0 unspecified atom stereocenters. The van der Waals surface area contributed by atoms with Gasteiger partial charge >= 0.3 is 0 Å². The van der Waals surface area contributed by atoms with Gasteiger partial charge in [-0.3, -0.25) is 0 Å². The number of anilines is 3. The van der Waals surface area contributed by atoms with Crippen LogP contribution in [0.5, 0.6) is 0 Å². The molecular weight excluding hydrogens is 427 g/mol. The molecule has 1 heterocycles. The van der Waals surface area contributed by atoms with Crippen LogP contribution in [0.4, 0.5) is 21.8 Å². The number of nitrogen functional groups attached to an aromatic ring is 1. The molecule has 0 aliphatic carbocycles. The number of aryl methyl sites for hydroxylation is 1. The standard InChI is InChI=1S/C18H27N5.C7H10FN.C2H6/c1-14(2)13-23(3)17-16(19)12-21-18(22-17)20-11-7-10-15-8-5-4-6-9-15;1-3-5-7(9)6(8)4-2;1-2/h4-6,8-9,12,14H,7,10-11,13,19H2,1-3H3,(H,20,21,22);3-5H,2,9H2,1H3;1-2H3/b;5-3-,7-6-;. The second-order valence-electron chi connectivity index (χ2n) is 7.77. The fraction of sp³-hybridized carbons (Fsp3) is 0.407. The molecule has 0 bridgehead atoms. The number of aromatic nitrogens is 2. The highest BCUT2D eigenvalue weighted by molar-refractivity contribution is 5.62. The largest absolute Gasteiger partial charge is 0.396 e. The van der Waals surface area contributed by atoms with Gasteiger partial charge in [-0.1, -0.05) is 70.7 Å². The lowest BCUT2D eigenvalue weighted by Gasteiger charge is -2.22. The third kappa shape index (κ3) is 12.6. The van der Waals surface area contributed by atoms with E-state index in [1.165, 1.54) is 11.6 Å². The molecule has 0 radical (unpaired) electrons. The van der Waals surface area contributed by atoms with Crippen molar-refractivity contribution in [2.45, 2.75) is 47.5 Å². The van der Waals surface area contributed by atoms with E-state index >= 15 is 0 Å². The summed E-state index contributed by atoms with van der Waals surface area (Å²) in [6, 6.07) is 10.5. The van der Waals surface area contributed by atoms with E-state index in [0.717, 1.165) is 37.8 Å². The lowest BCUT2D eigenvalue weighted by Crippen LogP contribution is -2.25. The monoisotopic (exact) mass is 470 g/mol. The van der Waals surface area contributed by atoms with Gasteiger partial charge in [-0.25, -0.2) is 9.37 Å². The molecule has 2 aromatic rings. The topological polar surface area (TPSA) is 93.1 Å². The molecule has 0 fully saturated rings. The van der Waals surface area contributed by atoms with Crippen molar-refractivity contribution in [3.8, 4) is 0 Å². The molecule has 1 aromatic heterocycles. The molecule has 2 rings (SSSR count). The summed E-state index contributed by atoms with van der Waals surface area (Å²) in [5, 5.41) is 3.29. The van der Waals surface area contributed by atoms with Crippen molar-refractivity contribution in [3.63, 3.8) is 0 Å². The summed E-state index contributed by atoms with van der Waals surface area (Å²) in [4.78, 5) is 10.9. The second kappa shape index (κ2) is 18.1. The second-order valence-corrected chi connectivity index (χ2v) is 7.77. The summed E-state index contributed by atoms with van der Waals surface area (Å²) in [6.07, 6.45) is 7.99. The quantitative estimate of drug-likeness (QED) is 0.286. The van der Waals surface area contributed by atoms with Gasteiger partial charge in [0.25, 0.3) is 0 Å². The van der Waals surface area contributed by atoms with Gasteiger partial charge in [0.05, 0.1) is 17.6 Å². The highest BCUT2D eigenvalue weighted by Crippen LogP contribution is 2.20. The molecule has 0 aliphatic heterocycles. The van der Waals surface area contributed by atoms with Crippen molar-refractivity contribution in [1.82, 2.24) is 9.97 Å². The van der Waals surface area contributed by atoms with Crippen molar-refractivity contribution < 1.29 is 4.39 Å². The van der Waals surface area contributed by atoms with E-state index in [0.29, 0.717) is 17.6 Å². The molecular formula is C27H43FN6. The zero-order valence-corrected chi connectivity index (χ0v) is 21.7. The van der Waals surface area contributed by atoms with Gasteiger partial charge in [0.15, 0.2) is 5.82 Å². The molecule has 0 spiro atoms. The number of nitrogens with two attached hydrogens (primary N) is 2. The van der Waals surface area contributed by atoms with Crippen LogP contribution in [0.2, 0.25) is 0 Å². The van der Waals surface area contributed by atoms with Crippen LogP contribution in [0.3, 0.4) is 0 Å². The fourth-order valence-corrected chi connectivity index (χ4v) is 2.92. The number of benzene rings is 1. The van der Waals surface area contributed by atoms with Crippen LogP contribution < -0.4 is 21.7 Å². The zero-order chi connectivity index (χ0) is 25.9. The van der Waals surface area contributed by atoms with E-state index in [2.05, 4.69) is 64.9 Å². The van der Waals surface area contributed by atoms with Crippen molar-refractivity contribution in [2.75, 3.05) is 36.1 Å². The Labute approximate surface area is 205 Å². The smallest absolute Gasteiger partial charge is 0.224 e. The number of allylic oxidation sites excluding steroid dienone is 4. The van der Waals surface area contributed by atoms with Gasteiger partial charge in [-0.15, -0.1) is 0 Å². The molecule has 1 aromatic carbocycles. The van der Waals surface area contributed by atoms with Crippen LogP contribution >= 0.6 is 0 Å². The van der Waals surface area contributed by atoms with Crippen LogP contribution in [0.25, 0.3) is 0 Å². The Bertz CT molecular complexity index is 878. The summed E-state index contributed by atoms with van der Waals surface area (Å²) >= 11 is 0. The molecule has 0 saturated heterocycles. The number of halogens is 1. The first kappa shape index (κ1) is 30.6. The third-order valence-electron chi connectivity index (χ3n) is 4.37. The van der Waals surface area contributed by atoms with Crippen molar-refractivity contribution in [3.05, 3.63) is 78.4 Å². The number of nitrogens with zero attached hydrogens (tertiary/aromatic N) is 3. The average Bonchev–Trinajstić information content (AvgIpc) is 2.84. The van der Waals surface area contributed by atoms with Crippen molar-refractivity contribution in [1.29, 1.82) is 0 Å². The van der Waals surface area contributed by atoms with Crippen LogP contribution in [-0.4, -0.2) is 30.1 Å². The Morgan fingerprint density at radius 2 is 1.88 bits per heavy atom. The number of hydrogen-bond acceptors (Lipinski definition) is 6. The van der Waals surface area contributed by atoms with E-state index < -0.39 is 5.83 Å². The van der Waals surface area contributed by atoms with E-state index in [1.54, 1.807) is 19.2 Å². The van der Waals surface area contributed by atoms with E-state index in [9.17, 15) is 4.39 Å². The van der Waals surface area contributed by atoms with Crippen LogP contribution in [0.15, 0.2) is 72.9 Å². The Morgan fingerprint density at radius 3 is 2.44 bits per heavy atom. The van der Waals surface area contributed by atoms with Crippen molar-refractivity contribution >= 4 is 17.5 Å². The molecule has 188 valence electrons. The first-order chi connectivity index (χ1) is 16.3. The molecule has 0 amide bonds. The van der Waals surface area contributed by atoms with Gasteiger partial charge < -0.3 is 21.7 Å². The van der Waals surface area contributed by atoms with E-state index in [-0.39, 0.29) is 5.70 Å². The fourth-order valence-electron chi connectivity index (χ4n) is 2.92. The summed E-state index contributed by atoms with van der Waals surface area (Å²) in [6.45, 7) is 15.1. The summed E-state index contributed by atoms with van der Waals surface area (Å²) in [7, 11) is 2.01. The van der Waals surface area contributed by atoms with Gasteiger partial charge in [-0.05, 0) is 43.4 Å². The maximum atomic E-state index is 12.3. The maximum absolute atomic E-state index is 12.3. The van der Waals surface area contributed by atoms with Crippen LogP contribution in [0.1, 0.15) is 46.6 Å². The predicted octanol–water partition coefficient (Wildman–Crippen LogP) is 6.11. The first-order valence-electron chi connectivity index (χ1n) is 11.8. The normalized spacial score (nSPS) is 11.1. The van der Waals surface area contributed by atoms with Crippen molar-refractivity contribution in [2.24, 2.45) is 11.7 Å². The minimum absolute atomic E-state index is 0.118. The SMILES string of the molecule is C=C/C(F)=C(N)\C=C/C.CC.CC(C)CN(C)c1nc(NCCCc2ccccc2)ncc1N. The van der Waals surface area contributed by atoms with Crippen LogP contribution in [0, 0.1) is 5.92 Å².